The lowest BCUT2D eigenvalue weighted by atomic mass is 9.35. The molecular weight excluding hydrogens is 457 g/mol. The molecule has 3 aliphatic heterocycles. The molecule has 0 radical (unpaired) electrons. The van der Waals surface area contributed by atoms with Gasteiger partial charge in [0.25, 0.3) is 6.71 Å². The predicted octanol–water partition coefficient (Wildman–Crippen LogP) is 5.27. The van der Waals surface area contributed by atoms with E-state index < -0.39 is 0 Å². The first kappa shape index (κ1) is 22.2. The minimum Gasteiger partial charge on any atom is -0.458 e. The highest BCUT2D eigenvalue weighted by Gasteiger charge is 2.48. The van der Waals surface area contributed by atoms with Crippen LogP contribution in [0.5, 0.6) is 23.0 Å². The Morgan fingerprint density at radius 1 is 0.757 bits per heavy atom. The third-order valence-electron chi connectivity index (χ3n) is 8.42. The van der Waals surface area contributed by atoms with Gasteiger partial charge in [-0.1, -0.05) is 36.4 Å². The maximum absolute atomic E-state index is 6.44. The van der Waals surface area contributed by atoms with Gasteiger partial charge in [-0.05, 0) is 81.9 Å². The lowest BCUT2D eigenvalue weighted by molar-refractivity contribution is 0.338. The van der Waals surface area contributed by atoms with Crippen molar-refractivity contribution in [3.8, 4) is 34.3 Å². The van der Waals surface area contributed by atoms with Gasteiger partial charge in [0.05, 0.1) is 28.7 Å². The van der Waals surface area contributed by atoms with E-state index in [9.17, 15) is 0 Å². The van der Waals surface area contributed by atoms with Gasteiger partial charge in [0.2, 0.25) is 0 Å². The molecule has 0 fully saturated rings. The second-order valence-corrected chi connectivity index (χ2v) is 11.1. The highest BCUT2D eigenvalue weighted by Crippen LogP contribution is 2.41. The van der Waals surface area contributed by atoms with E-state index >= 15 is 0 Å². The van der Waals surface area contributed by atoms with E-state index in [-0.39, 0.29) is 17.8 Å². The summed E-state index contributed by atoms with van der Waals surface area (Å²) >= 11 is 0. The van der Waals surface area contributed by atoms with Gasteiger partial charge in [-0.25, -0.2) is 0 Å². The van der Waals surface area contributed by atoms with Gasteiger partial charge in [0.1, 0.15) is 28.8 Å². The number of hydrogen-bond acceptors (Lipinski definition) is 5. The Balaban J connectivity index is 1.32. The van der Waals surface area contributed by atoms with Gasteiger partial charge in [0.15, 0.2) is 0 Å². The van der Waals surface area contributed by atoms with Crippen molar-refractivity contribution in [3.63, 3.8) is 0 Å². The Kier molecular flexibility index (Phi) is 4.48. The Bertz CT molecular complexity index is 1540. The molecule has 182 valence electrons. The summed E-state index contributed by atoms with van der Waals surface area (Å²) in [6.45, 7) is 11.0. The maximum Gasteiger partial charge on any atom is 0.260 e. The zero-order valence-electron chi connectivity index (χ0n) is 21.7. The average Bonchev–Trinajstić information content (AvgIpc) is 3.04. The molecule has 0 amide bonds. The molecule has 37 heavy (non-hydrogen) atoms. The molecule has 0 N–H and O–H groups in total. The number of para-hydroxylation sites is 2. The van der Waals surface area contributed by atoms with Crippen LogP contribution in [0.15, 0.2) is 84.0 Å². The van der Waals surface area contributed by atoms with Crippen LogP contribution >= 0.6 is 0 Å². The first-order chi connectivity index (χ1) is 17.7. The van der Waals surface area contributed by atoms with Crippen molar-refractivity contribution >= 4 is 34.6 Å². The van der Waals surface area contributed by atoms with Gasteiger partial charge >= 0.3 is 0 Å². The van der Waals surface area contributed by atoms with E-state index in [4.69, 9.17) is 19.5 Å². The lowest BCUT2D eigenvalue weighted by Gasteiger charge is -2.41. The van der Waals surface area contributed by atoms with Gasteiger partial charge in [-0.3, -0.25) is 9.98 Å². The molecule has 1 aromatic heterocycles. The number of aliphatic imine (C=N–C) groups is 1. The van der Waals surface area contributed by atoms with Crippen LogP contribution in [0.3, 0.4) is 0 Å². The monoisotopic (exact) mass is 485 g/mol. The van der Waals surface area contributed by atoms with E-state index in [2.05, 4.69) is 88.0 Å². The summed E-state index contributed by atoms with van der Waals surface area (Å²) in [6, 6.07) is 24.9. The van der Waals surface area contributed by atoms with Gasteiger partial charge in [0, 0.05) is 11.0 Å². The maximum atomic E-state index is 6.44. The molecule has 3 aliphatic rings. The molecule has 0 bridgehead atoms. The second-order valence-electron chi connectivity index (χ2n) is 11.1. The van der Waals surface area contributed by atoms with Gasteiger partial charge in [-0.2, -0.15) is 0 Å². The number of fused-ring (bicyclic) bond motifs is 4. The van der Waals surface area contributed by atoms with Crippen molar-refractivity contribution in [2.24, 2.45) is 4.99 Å². The summed E-state index contributed by atoms with van der Waals surface area (Å²) in [4.78, 5) is 12.1. The molecule has 6 heteroatoms. The average molecular weight is 485 g/mol. The van der Waals surface area contributed by atoms with Gasteiger partial charge in [-0.15, -0.1) is 0 Å². The minimum absolute atomic E-state index is 0.0762. The molecule has 0 spiro atoms. The summed E-state index contributed by atoms with van der Waals surface area (Å²) in [7, 11) is 0. The number of rotatable bonds is 2. The molecule has 4 heterocycles. The van der Waals surface area contributed by atoms with Crippen molar-refractivity contribution in [2.75, 3.05) is 4.90 Å². The second kappa shape index (κ2) is 7.48. The van der Waals surface area contributed by atoms with Crippen LogP contribution in [-0.2, 0) is 0 Å². The number of pyridine rings is 1. The summed E-state index contributed by atoms with van der Waals surface area (Å²) in [6.07, 6.45) is 1.94. The standard InChI is InChI=1S/C31H28BN3O2/c1-19-34-30(2,3)31(4,5)35(19)21-14-15-24(33-18-21)20-16-27-29-28(17-20)37-26-13-9-7-11-23(26)32(29)22-10-6-8-12-25(22)36-27/h6-18H,1-5H3. The normalized spacial score (nSPS) is 17.7. The largest absolute Gasteiger partial charge is 0.458 e. The molecule has 5 nitrogen and oxygen atoms in total. The molecular formula is C31H28BN3O2. The molecule has 7 rings (SSSR count). The van der Waals surface area contributed by atoms with Crippen LogP contribution in [0.1, 0.15) is 34.6 Å². The summed E-state index contributed by atoms with van der Waals surface area (Å²) < 4.78 is 12.9. The molecule has 0 atom stereocenters. The van der Waals surface area contributed by atoms with Crippen molar-refractivity contribution in [2.45, 2.75) is 45.7 Å². The number of hydrogen-bond donors (Lipinski definition) is 0. The highest BCUT2D eigenvalue weighted by molar-refractivity contribution is 6.98. The first-order valence-electron chi connectivity index (χ1n) is 12.8. The quantitative estimate of drug-likeness (QED) is 0.314. The Labute approximate surface area is 217 Å². The zero-order chi connectivity index (χ0) is 25.5. The lowest BCUT2D eigenvalue weighted by Crippen LogP contribution is -2.57. The van der Waals surface area contributed by atoms with Crippen LogP contribution in [0.4, 0.5) is 5.69 Å². The van der Waals surface area contributed by atoms with Crippen LogP contribution in [-0.4, -0.2) is 28.6 Å². The van der Waals surface area contributed by atoms with Gasteiger partial charge < -0.3 is 14.4 Å². The fourth-order valence-electron chi connectivity index (χ4n) is 6.01. The van der Waals surface area contributed by atoms with Crippen molar-refractivity contribution in [1.29, 1.82) is 0 Å². The van der Waals surface area contributed by atoms with Crippen LogP contribution in [0, 0.1) is 0 Å². The number of ether oxygens (including phenoxy) is 2. The Morgan fingerprint density at radius 3 is 1.86 bits per heavy atom. The fourth-order valence-corrected chi connectivity index (χ4v) is 6.01. The van der Waals surface area contributed by atoms with E-state index in [0.29, 0.717) is 0 Å². The zero-order valence-corrected chi connectivity index (χ0v) is 21.7. The topological polar surface area (TPSA) is 47.0 Å². The molecule has 0 aliphatic carbocycles. The third-order valence-corrected chi connectivity index (χ3v) is 8.42. The Morgan fingerprint density at radius 2 is 1.35 bits per heavy atom. The first-order valence-corrected chi connectivity index (χ1v) is 12.8. The van der Waals surface area contributed by atoms with E-state index in [1.54, 1.807) is 0 Å². The summed E-state index contributed by atoms with van der Waals surface area (Å²) in [5, 5.41) is 0. The number of anilines is 1. The summed E-state index contributed by atoms with van der Waals surface area (Å²) in [5.41, 5.74) is 5.92. The van der Waals surface area contributed by atoms with Crippen LogP contribution < -0.4 is 30.8 Å². The highest BCUT2D eigenvalue weighted by atomic mass is 16.5. The summed E-state index contributed by atoms with van der Waals surface area (Å²) in [5.74, 6) is 4.42. The SMILES string of the molecule is CC1=NC(C)(C)C(C)(C)N1c1ccc(-c2cc3c4c(c2)Oc2ccccc2B4c2ccccc2O3)nc1. The molecule has 0 unspecified atom stereocenters. The Hall–Kier alpha value is -4.06. The number of benzene rings is 3. The molecule has 3 aromatic carbocycles. The molecule has 0 saturated carbocycles. The van der Waals surface area contributed by atoms with Crippen molar-refractivity contribution in [3.05, 3.63) is 79.0 Å². The van der Waals surface area contributed by atoms with E-state index in [0.717, 1.165) is 62.2 Å². The smallest absolute Gasteiger partial charge is 0.260 e. The van der Waals surface area contributed by atoms with Crippen LogP contribution in [0.2, 0.25) is 0 Å². The fraction of sp³-hybridized carbons (Fsp3) is 0.226. The van der Waals surface area contributed by atoms with E-state index in [1.807, 2.05) is 30.5 Å². The number of nitrogens with zero attached hydrogens (tertiary/aromatic N) is 3. The number of amidine groups is 1. The van der Waals surface area contributed by atoms with Crippen LogP contribution in [0.25, 0.3) is 11.3 Å². The van der Waals surface area contributed by atoms with Crippen molar-refractivity contribution < 1.29 is 9.47 Å². The molecule has 4 aromatic rings. The van der Waals surface area contributed by atoms with Crippen molar-refractivity contribution in [1.82, 2.24) is 4.98 Å². The predicted molar refractivity (Wildman–Crippen MR) is 151 cm³/mol. The van der Waals surface area contributed by atoms with E-state index in [1.165, 1.54) is 0 Å². The number of aromatic nitrogens is 1. The third kappa shape index (κ3) is 3.11. The molecule has 0 saturated heterocycles. The minimum atomic E-state index is -0.186.